The molecule has 0 aliphatic rings. The molecule has 0 radical (unpaired) electrons. The maximum Gasteiger partial charge on any atom is 0.349 e. The van der Waals surface area contributed by atoms with Crippen LogP contribution < -0.4 is 5.90 Å². The fraction of sp³-hybridized carbons (Fsp3) is 0.667. The number of esters is 1. The largest absolute Gasteiger partial charge is 0.459 e. The Labute approximate surface area is 87.7 Å². The van der Waals surface area contributed by atoms with E-state index in [9.17, 15) is 14.4 Å². The van der Waals surface area contributed by atoms with Crippen molar-refractivity contribution in [3.63, 3.8) is 0 Å². The van der Waals surface area contributed by atoms with Crippen molar-refractivity contribution in [2.24, 2.45) is 11.3 Å². The summed E-state index contributed by atoms with van der Waals surface area (Å²) in [7, 11) is 0. The molecule has 0 aliphatic heterocycles. The molecule has 2 N–H and O–H groups in total. The number of hydrogen-bond donors (Lipinski definition) is 1. The standard InChI is InChI=1S/C9H15NO5/c1-8(2,3)14-6(12)9(4,5-11)7(13)15-10/h5H,10H2,1-4H3. The molecule has 15 heavy (non-hydrogen) atoms. The van der Waals surface area contributed by atoms with Gasteiger partial charge in [-0.1, -0.05) is 0 Å². The fourth-order valence-electron chi connectivity index (χ4n) is 0.686. The van der Waals surface area contributed by atoms with Crippen LogP contribution in [-0.2, 0) is 24.0 Å². The van der Waals surface area contributed by atoms with E-state index < -0.39 is 23.0 Å². The molecule has 0 amide bonds. The zero-order chi connectivity index (χ0) is 12.3. The number of carbonyl (C=O) groups excluding carboxylic acids is 3. The van der Waals surface area contributed by atoms with Crippen LogP contribution >= 0.6 is 0 Å². The molecule has 6 nitrogen and oxygen atoms in total. The normalized spacial score (nSPS) is 15.0. The van der Waals surface area contributed by atoms with Crippen LogP contribution in [-0.4, -0.2) is 23.8 Å². The van der Waals surface area contributed by atoms with E-state index in [1.54, 1.807) is 20.8 Å². The second-order valence-electron chi connectivity index (χ2n) is 4.23. The van der Waals surface area contributed by atoms with Gasteiger partial charge in [-0.3, -0.25) is 4.79 Å². The SMILES string of the molecule is CC(C)(C)OC(=O)C(C)(C=O)C(=O)ON. The maximum atomic E-state index is 11.5. The van der Waals surface area contributed by atoms with Crippen molar-refractivity contribution in [2.75, 3.05) is 0 Å². The van der Waals surface area contributed by atoms with Crippen LogP contribution in [0.2, 0.25) is 0 Å². The highest BCUT2D eigenvalue weighted by Crippen LogP contribution is 2.21. The molecule has 0 saturated carbocycles. The molecule has 6 heteroatoms. The van der Waals surface area contributed by atoms with E-state index in [0.717, 1.165) is 6.92 Å². The zero-order valence-corrected chi connectivity index (χ0v) is 9.20. The van der Waals surface area contributed by atoms with Gasteiger partial charge >= 0.3 is 11.9 Å². The Bertz CT molecular complexity index is 281. The second kappa shape index (κ2) is 4.39. The summed E-state index contributed by atoms with van der Waals surface area (Å²) in [4.78, 5) is 37.2. The molecule has 0 spiro atoms. The summed E-state index contributed by atoms with van der Waals surface area (Å²) in [6, 6.07) is 0. The summed E-state index contributed by atoms with van der Waals surface area (Å²) in [6.45, 7) is 5.93. The topological polar surface area (TPSA) is 95.7 Å². The number of ether oxygens (including phenoxy) is 1. The van der Waals surface area contributed by atoms with E-state index in [2.05, 4.69) is 10.7 Å². The van der Waals surface area contributed by atoms with Gasteiger partial charge in [0.05, 0.1) is 0 Å². The number of rotatable bonds is 3. The third-order valence-electron chi connectivity index (χ3n) is 1.59. The lowest BCUT2D eigenvalue weighted by Gasteiger charge is -2.25. The van der Waals surface area contributed by atoms with Crippen LogP contribution in [0.25, 0.3) is 0 Å². The van der Waals surface area contributed by atoms with Crippen molar-refractivity contribution in [2.45, 2.75) is 33.3 Å². The van der Waals surface area contributed by atoms with E-state index in [1.807, 2.05) is 0 Å². The Balaban J connectivity index is 4.90. The minimum absolute atomic E-state index is 0.149. The van der Waals surface area contributed by atoms with Gasteiger partial charge in [0.25, 0.3) is 0 Å². The summed E-state index contributed by atoms with van der Waals surface area (Å²) in [5, 5.41) is 0. The number of carbonyl (C=O) groups is 3. The predicted octanol–water partition coefficient (Wildman–Crippen LogP) is -0.0498. The molecule has 0 aromatic carbocycles. The number of nitrogens with two attached hydrogens (primary N) is 1. The molecule has 86 valence electrons. The third kappa shape index (κ3) is 3.32. The average Bonchev–Trinajstić information content (AvgIpc) is 2.12. The Kier molecular flexibility index (Phi) is 3.97. The van der Waals surface area contributed by atoms with Gasteiger partial charge in [-0.25, -0.2) is 4.79 Å². The van der Waals surface area contributed by atoms with Crippen molar-refractivity contribution < 1.29 is 24.0 Å². The first-order valence-corrected chi connectivity index (χ1v) is 4.28. The van der Waals surface area contributed by atoms with Crippen molar-refractivity contribution in [1.29, 1.82) is 0 Å². The summed E-state index contributed by atoms with van der Waals surface area (Å²) in [5.41, 5.74) is -2.81. The molecule has 0 heterocycles. The Hall–Kier alpha value is -1.43. The van der Waals surface area contributed by atoms with Gasteiger partial charge in [-0.2, -0.15) is 5.90 Å². The van der Waals surface area contributed by atoms with Crippen LogP contribution in [0.3, 0.4) is 0 Å². The monoisotopic (exact) mass is 217 g/mol. The van der Waals surface area contributed by atoms with Crippen LogP contribution in [0, 0.1) is 5.41 Å². The first kappa shape index (κ1) is 13.6. The smallest absolute Gasteiger partial charge is 0.349 e. The summed E-state index contributed by atoms with van der Waals surface area (Å²) >= 11 is 0. The summed E-state index contributed by atoms with van der Waals surface area (Å²) in [6.07, 6.45) is 0.149. The van der Waals surface area contributed by atoms with Gasteiger partial charge in [-0.15, -0.1) is 0 Å². The Morgan fingerprint density at radius 3 is 1.87 bits per heavy atom. The summed E-state index contributed by atoms with van der Waals surface area (Å²) in [5.74, 6) is 2.49. The lowest BCUT2D eigenvalue weighted by Crippen LogP contribution is -2.44. The number of aldehydes is 1. The highest BCUT2D eigenvalue weighted by atomic mass is 16.7. The molecule has 0 saturated heterocycles. The van der Waals surface area contributed by atoms with Gasteiger partial charge in [0.1, 0.15) is 11.9 Å². The minimum Gasteiger partial charge on any atom is -0.459 e. The molecule has 0 aromatic rings. The van der Waals surface area contributed by atoms with Crippen LogP contribution in [0.15, 0.2) is 0 Å². The molecule has 1 atom stereocenters. The molecular weight excluding hydrogens is 202 g/mol. The van der Waals surface area contributed by atoms with E-state index in [-0.39, 0.29) is 6.29 Å². The lowest BCUT2D eigenvalue weighted by molar-refractivity contribution is -0.177. The van der Waals surface area contributed by atoms with Gasteiger partial charge in [-0.05, 0) is 27.7 Å². The van der Waals surface area contributed by atoms with E-state index in [4.69, 9.17) is 4.74 Å². The van der Waals surface area contributed by atoms with Crippen molar-refractivity contribution in [3.8, 4) is 0 Å². The summed E-state index contributed by atoms with van der Waals surface area (Å²) < 4.78 is 4.89. The van der Waals surface area contributed by atoms with E-state index >= 15 is 0 Å². The van der Waals surface area contributed by atoms with Crippen LogP contribution in [0.5, 0.6) is 0 Å². The minimum atomic E-state index is -2.01. The van der Waals surface area contributed by atoms with Crippen LogP contribution in [0.4, 0.5) is 0 Å². The molecule has 1 unspecified atom stereocenters. The highest BCUT2D eigenvalue weighted by molar-refractivity contribution is 6.12. The van der Waals surface area contributed by atoms with Crippen molar-refractivity contribution in [1.82, 2.24) is 0 Å². The van der Waals surface area contributed by atoms with Crippen LogP contribution in [0.1, 0.15) is 27.7 Å². The van der Waals surface area contributed by atoms with E-state index in [0.29, 0.717) is 0 Å². The number of hydrogen-bond acceptors (Lipinski definition) is 6. The first-order chi connectivity index (χ1) is 6.67. The highest BCUT2D eigenvalue weighted by Gasteiger charge is 2.46. The quantitative estimate of drug-likeness (QED) is 0.308. The van der Waals surface area contributed by atoms with E-state index in [1.165, 1.54) is 0 Å². The lowest BCUT2D eigenvalue weighted by atomic mass is 9.93. The molecule has 0 fully saturated rings. The zero-order valence-electron chi connectivity index (χ0n) is 9.20. The van der Waals surface area contributed by atoms with Gasteiger partial charge in [0.15, 0.2) is 0 Å². The molecule has 0 rings (SSSR count). The molecular formula is C9H15NO5. The predicted molar refractivity (Wildman–Crippen MR) is 50.3 cm³/mol. The first-order valence-electron chi connectivity index (χ1n) is 4.28. The third-order valence-corrected chi connectivity index (χ3v) is 1.59. The second-order valence-corrected chi connectivity index (χ2v) is 4.23. The molecule has 0 bridgehead atoms. The maximum absolute atomic E-state index is 11.5. The van der Waals surface area contributed by atoms with Crippen molar-refractivity contribution in [3.05, 3.63) is 0 Å². The van der Waals surface area contributed by atoms with Gasteiger partial charge in [0.2, 0.25) is 5.41 Å². The van der Waals surface area contributed by atoms with Gasteiger partial charge in [0, 0.05) is 0 Å². The van der Waals surface area contributed by atoms with Crippen molar-refractivity contribution >= 4 is 18.2 Å². The fourth-order valence-corrected chi connectivity index (χ4v) is 0.686. The Morgan fingerprint density at radius 1 is 1.13 bits per heavy atom. The van der Waals surface area contributed by atoms with Gasteiger partial charge < -0.3 is 14.4 Å². The molecule has 0 aromatic heterocycles. The Morgan fingerprint density at radius 2 is 1.60 bits per heavy atom. The average molecular weight is 217 g/mol. The molecule has 0 aliphatic carbocycles.